The molecule has 0 atom stereocenters. The van der Waals surface area contributed by atoms with E-state index in [0.717, 1.165) is 17.8 Å². The van der Waals surface area contributed by atoms with Crippen LogP contribution in [-0.4, -0.2) is 13.1 Å². The fraction of sp³-hybridized carbons (Fsp3) is 0.500. The molecule has 2 heterocycles. The molecule has 3 heteroatoms. The highest BCUT2D eigenvalue weighted by molar-refractivity contribution is 7.32. The summed E-state index contributed by atoms with van der Waals surface area (Å²) in [5, 5.41) is 4.13. The maximum Gasteiger partial charge on any atom is 0.101 e. The summed E-state index contributed by atoms with van der Waals surface area (Å²) in [5.74, 6) is 2.64. The molecule has 2 aromatic heterocycles. The highest BCUT2D eigenvalue weighted by Gasteiger charge is 2.40. The van der Waals surface area contributed by atoms with Gasteiger partial charge in [0, 0.05) is 11.8 Å². The Hall–Kier alpha value is -1.97. The SMILES string of the molecule is Cc1ccc2c(C(C)C)cc(-c3nccc4c(C)c([Si](CC(C)C)(CC(C)C)CC(C)C)sc34)cc2c1. The molecule has 0 fully saturated rings. The van der Waals surface area contributed by atoms with Gasteiger partial charge in [-0.25, -0.2) is 0 Å². The van der Waals surface area contributed by atoms with Gasteiger partial charge in [-0.05, 0) is 87.5 Å². The Labute approximate surface area is 230 Å². The number of fused-ring (bicyclic) bond motifs is 2. The molecule has 0 saturated carbocycles. The van der Waals surface area contributed by atoms with Gasteiger partial charge in [0.05, 0.1) is 10.4 Å². The Balaban J connectivity index is 1.99. The lowest BCUT2D eigenvalue weighted by Gasteiger charge is -2.36. The second-order valence-electron chi connectivity index (χ2n) is 13.1. The van der Waals surface area contributed by atoms with Crippen molar-refractivity contribution in [1.82, 2.24) is 4.98 Å². The first-order chi connectivity index (χ1) is 17.4. The molecule has 0 amide bonds. The lowest BCUT2D eigenvalue weighted by atomic mass is 9.92. The second kappa shape index (κ2) is 11.0. The molecule has 1 nitrogen and oxygen atoms in total. The lowest BCUT2D eigenvalue weighted by molar-refractivity contribution is 0.650. The minimum atomic E-state index is -1.70. The maximum atomic E-state index is 5.05. The molecule has 4 rings (SSSR count). The van der Waals surface area contributed by atoms with Gasteiger partial charge in [-0.1, -0.05) is 97.3 Å². The van der Waals surface area contributed by atoms with Crippen molar-refractivity contribution in [2.45, 2.75) is 93.3 Å². The smallest absolute Gasteiger partial charge is 0.101 e. The van der Waals surface area contributed by atoms with E-state index in [-0.39, 0.29) is 0 Å². The predicted molar refractivity (Wildman–Crippen MR) is 170 cm³/mol. The number of aryl methyl sites for hydroxylation is 2. The minimum Gasteiger partial charge on any atom is -0.255 e. The van der Waals surface area contributed by atoms with Gasteiger partial charge in [-0.15, -0.1) is 11.3 Å². The summed E-state index contributed by atoms with van der Waals surface area (Å²) >= 11 is 2.10. The van der Waals surface area contributed by atoms with Gasteiger partial charge in [-0.2, -0.15) is 0 Å². The average molecular weight is 530 g/mol. The molecule has 2 aromatic carbocycles. The van der Waals surface area contributed by atoms with Gasteiger partial charge in [0.15, 0.2) is 0 Å². The summed E-state index contributed by atoms with van der Waals surface area (Å²) in [5.41, 5.74) is 6.71. The van der Waals surface area contributed by atoms with Crippen molar-refractivity contribution in [2.24, 2.45) is 17.8 Å². The Morgan fingerprint density at radius 2 is 1.38 bits per heavy atom. The highest BCUT2D eigenvalue weighted by Crippen LogP contribution is 2.41. The Bertz CT molecular complexity index is 1370. The zero-order valence-electron chi connectivity index (χ0n) is 24.8. The summed E-state index contributed by atoms with van der Waals surface area (Å²) in [6.07, 6.45) is 2.05. The van der Waals surface area contributed by atoms with Crippen LogP contribution in [-0.2, 0) is 0 Å². The van der Waals surface area contributed by atoms with E-state index >= 15 is 0 Å². The van der Waals surface area contributed by atoms with Crippen LogP contribution in [0.15, 0.2) is 42.6 Å². The first kappa shape index (κ1) is 28.0. The quantitative estimate of drug-likeness (QED) is 0.196. The third kappa shape index (κ3) is 5.73. The molecule has 0 spiro atoms. The van der Waals surface area contributed by atoms with E-state index < -0.39 is 8.07 Å². The van der Waals surface area contributed by atoms with Crippen LogP contribution in [0.1, 0.15) is 78.0 Å². The number of thiophene rings is 1. The first-order valence-corrected chi connectivity index (χ1v) is 17.8. The number of nitrogens with zero attached hydrogens (tertiary/aromatic N) is 1. The van der Waals surface area contributed by atoms with Crippen LogP contribution in [0.5, 0.6) is 0 Å². The average Bonchev–Trinajstić information content (AvgIpc) is 3.14. The lowest BCUT2D eigenvalue weighted by Crippen LogP contribution is -2.50. The molecule has 0 N–H and O–H groups in total. The maximum absolute atomic E-state index is 5.05. The fourth-order valence-corrected chi connectivity index (χ4v) is 16.5. The third-order valence-electron chi connectivity index (χ3n) is 7.77. The number of rotatable bonds is 9. The molecule has 0 bridgehead atoms. The van der Waals surface area contributed by atoms with Crippen molar-refractivity contribution in [3.05, 3.63) is 59.3 Å². The standard InChI is InChI=1S/C34H47NSSi/c1-21(2)18-37(19-22(3)4,20-23(5)6)34-26(10)29-13-14-35-32(33(29)36-34)28-16-27-15-25(9)11-12-30(27)31(17-28)24(7)8/h11-17,21-24H,18-20H2,1-10H3. The predicted octanol–water partition coefficient (Wildman–Crippen LogP) is 10.5. The van der Waals surface area contributed by atoms with Gasteiger partial charge < -0.3 is 0 Å². The summed E-state index contributed by atoms with van der Waals surface area (Å²) in [6.45, 7) is 23.8. The van der Waals surface area contributed by atoms with Crippen LogP contribution in [0.2, 0.25) is 18.1 Å². The molecular formula is C34H47NSSi. The van der Waals surface area contributed by atoms with Crippen molar-refractivity contribution >= 4 is 44.8 Å². The van der Waals surface area contributed by atoms with Gasteiger partial charge in [0.1, 0.15) is 8.07 Å². The molecule has 4 aromatic rings. The van der Waals surface area contributed by atoms with Gasteiger partial charge in [0.2, 0.25) is 0 Å². The zero-order chi connectivity index (χ0) is 27.1. The van der Waals surface area contributed by atoms with Gasteiger partial charge in [-0.3, -0.25) is 4.98 Å². The molecule has 37 heavy (non-hydrogen) atoms. The van der Waals surface area contributed by atoms with E-state index in [1.165, 1.54) is 66.9 Å². The van der Waals surface area contributed by atoms with Crippen molar-refractivity contribution in [2.75, 3.05) is 0 Å². The van der Waals surface area contributed by atoms with E-state index in [1.807, 2.05) is 6.20 Å². The van der Waals surface area contributed by atoms with Crippen molar-refractivity contribution in [3.63, 3.8) is 0 Å². The molecule has 0 aliphatic carbocycles. The van der Waals surface area contributed by atoms with Gasteiger partial charge in [0.25, 0.3) is 0 Å². The van der Waals surface area contributed by atoms with Crippen LogP contribution in [0.3, 0.4) is 0 Å². The minimum absolute atomic E-state index is 0.466. The Morgan fingerprint density at radius 3 is 1.95 bits per heavy atom. The van der Waals surface area contributed by atoms with E-state index in [9.17, 15) is 0 Å². The Kier molecular flexibility index (Phi) is 8.36. The third-order valence-corrected chi connectivity index (χ3v) is 16.6. The number of benzene rings is 2. The van der Waals surface area contributed by atoms with Crippen LogP contribution < -0.4 is 4.50 Å². The molecule has 0 aliphatic heterocycles. The number of aromatic nitrogens is 1. The van der Waals surface area contributed by atoms with Crippen LogP contribution >= 0.6 is 11.3 Å². The van der Waals surface area contributed by atoms with Gasteiger partial charge >= 0.3 is 0 Å². The number of pyridine rings is 1. The van der Waals surface area contributed by atoms with Crippen molar-refractivity contribution in [3.8, 4) is 11.3 Å². The molecule has 0 radical (unpaired) electrons. The molecule has 0 aliphatic rings. The molecular weight excluding hydrogens is 483 g/mol. The molecule has 0 unspecified atom stereocenters. The topological polar surface area (TPSA) is 12.9 Å². The Morgan fingerprint density at radius 1 is 0.757 bits per heavy atom. The van der Waals surface area contributed by atoms with Crippen molar-refractivity contribution < 1.29 is 0 Å². The number of hydrogen-bond acceptors (Lipinski definition) is 2. The van der Waals surface area contributed by atoms with Crippen LogP contribution in [0, 0.1) is 31.6 Å². The summed E-state index contributed by atoms with van der Waals surface area (Å²) in [6, 6.07) is 18.1. The summed E-state index contributed by atoms with van der Waals surface area (Å²) < 4.78 is 3.14. The van der Waals surface area contributed by atoms with Crippen LogP contribution in [0.4, 0.5) is 0 Å². The first-order valence-electron chi connectivity index (χ1n) is 14.3. The molecule has 0 saturated heterocycles. The van der Waals surface area contributed by atoms with Crippen LogP contribution in [0.25, 0.3) is 32.1 Å². The molecule has 198 valence electrons. The largest absolute Gasteiger partial charge is 0.255 e. The highest BCUT2D eigenvalue weighted by atomic mass is 32.1. The van der Waals surface area contributed by atoms with E-state index in [2.05, 4.69) is 117 Å². The summed E-state index contributed by atoms with van der Waals surface area (Å²) in [4.78, 5) is 5.05. The van der Waals surface area contributed by atoms with E-state index in [4.69, 9.17) is 4.98 Å². The zero-order valence-corrected chi connectivity index (χ0v) is 26.6. The van der Waals surface area contributed by atoms with E-state index in [0.29, 0.717) is 5.92 Å². The fourth-order valence-electron chi connectivity index (χ4n) is 6.87. The number of hydrogen-bond donors (Lipinski definition) is 0. The normalized spacial score (nSPS) is 12.8. The monoisotopic (exact) mass is 529 g/mol. The summed E-state index contributed by atoms with van der Waals surface area (Å²) in [7, 11) is -1.70. The second-order valence-corrected chi connectivity index (χ2v) is 18.8. The van der Waals surface area contributed by atoms with E-state index in [1.54, 1.807) is 4.50 Å². The van der Waals surface area contributed by atoms with Crippen molar-refractivity contribution in [1.29, 1.82) is 0 Å².